The first-order chi connectivity index (χ1) is 15.2. The number of benzene rings is 1. The van der Waals surface area contributed by atoms with Crippen LogP contribution in [0.5, 0.6) is 0 Å². The van der Waals surface area contributed by atoms with E-state index in [9.17, 15) is 0 Å². The van der Waals surface area contributed by atoms with Gasteiger partial charge >= 0.3 is 0 Å². The Labute approximate surface area is 181 Å². The Hall–Kier alpha value is -3.99. The molecule has 0 fully saturated rings. The molecule has 0 bridgehead atoms. The molecule has 31 heavy (non-hydrogen) atoms. The molecule has 4 heterocycles. The average Bonchev–Trinajstić information content (AvgIpc) is 3.28. The van der Waals surface area contributed by atoms with E-state index in [0.717, 1.165) is 62.6 Å². The summed E-state index contributed by atoms with van der Waals surface area (Å²) >= 11 is 0. The summed E-state index contributed by atoms with van der Waals surface area (Å²) < 4.78 is 0. The Morgan fingerprint density at radius 3 is 2.58 bits per heavy atom. The first-order valence-electron chi connectivity index (χ1n) is 10.4. The Bertz CT molecular complexity index is 1370. The summed E-state index contributed by atoms with van der Waals surface area (Å²) in [7, 11) is 0. The van der Waals surface area contributed by atoms with Gasteiger partial charge < -0.3 is 10.3 Å². The second-order valence-electron chi connectivity index (χ2n) is 7.53. The number of hydrogen-bond acceptors (Lipinski definition) is 4. The fourth-order valence-corrected chi connectivity index (χ4v) is 3.85. The Balaban J connectivity index is 1.64. The molecule has 5 rings (SSSR count). The van der Waals surface area contributed by atoms with Gasteiger partial charge in [-0.05, 0) is 67.4 Å². The lowest BCUT2D eigenvalue weighted by molar-refractivity contribution is 1.18. The number of aromatic amines is 1. The number of aryl methyl sites for hydroxylation is 1. The van der Waals surface area contributed by atoms with E-state index in [2.05, 4.69) is 69.7 Å². The minimum absolute atomic E-state index is 0.841. The smallest absolute Gasteiger partial charge is 0.138 e. The molecule has 0 amide bonds. The lowest BCUT2D eigenvalue weighted by Crippen LogP contribution is -1.96. The number of pyridine rings is 3. The van der Waals surface area contributed by atoms with Crippen molar-refractivity contribution in [3.05, 3.63) is 84.9 Å². The molecule has 5 aromatic rings. The van der Waals surface area contributed by atoms with Gasteiger partial charge in [0.15, 0.2) is 0 Å². The van der Waals surface area contributed by atoms with Crippen molar-refractivity contribution >= 4 is 16.7 Å². The standard InChI is InChI=1S/C26H23N5/c1-3-28-21-8-5-7-18(13-21)19-12-20(16-27-15-19)23-14-25(24-9-4-6-17(2)30-24)31-26-22(23)10-11-29-26/h4-16,28H,3H2,1-2H3,(H,29,31). The fourth-order valence-electron chi connectivity index (χ4n) is 3.85. The second-order valence-corrected chi connectivity index (χ2v) is 7.53. The van der Waals surface area contributed by atoms with Crippen molar-refractivity contribution in [2.24, 2.45) is 0 Å². The van der Waals surface area contributed by atoms with Crippen LogP contribution in [0.2, 0.25) is 0 Å². The minimum Gasteiger partial charge on any atom is -0.385 e. The second kappa shape index (κ2) is 8.03. The van der Waals surface area contributed by atoms with Crippen LogP contribution in [0, 0.1) is 6.92 Å². The van der Waals surface area contributed by atoms with E-state index in [1.807, 2.05) is 43.7 Å². The number of hydrogen-bond donors (Lipinski definition) is 2. The zero-order chi connectivity index (χ0) is 21.2. The van der Waals surface area contributed by atoms with Crippen LogP contribution >= 0.6 is 0 Å². The van der Waals surface area contributed by atoms with E-state index in [4.69, 9.17) is 4.98 Å². The van der Waals surface area contributed by atoms with Crippen LogP contribution in [-0.4, -0.2) is 26.5 Å². The number of H-pyrrole nitrogens is 1. The first kappa shape index (κ1) is 19.0. The molecule has 0 atom stereocenters. The predicted octanol–water partition coefficient (Wildman–Crippen LogP) is 6.09. The van der Waals surface area contributed by atoms with Gasteiger partial charge in [-0.15, -0.1) is 0 Å². The quantitative estimate of drug-likeness (QED) is 0.371. The largest absolute Gasteiger partial charge is 0.385 e. The SMILES string of the molecule is CCNc1cccc(-c2cncc(-c3cc(-c4cccc(C)n4)nc4[nH]ccc34)c2)c1. The molecule has 4 aromatic heterocycles. The predicted molar refractivity (Wildman–Crippen MR) is 127 cm³/mol. The van der Waals surface area contributed by atoms with Gasteiger partial charge in [0.25, 0.3) is 0 Å². The number of nitrogens with zero attached hydrogens (tertiary/aromatic N) is 3. The van der Waals surface area contributed by atoms with Gasteiger partial charge in [-0.25, -0.2) is 4.98 Å². The van der Waals surface area contributed by atoms with Crippen LogP contribution in [0.1, 0.15) is 12.6 Å². The van der Waals surface area contributed by atoms with Crippen molar-refractivity contribution in [3.63, 3.8) is 0 Å². The van der Waals surface area contributed by atoms with E-state index in [-0.39, 0.29) is 0 Å². The molecule has 152 valence electrons. The fraction of sp³-hybridized carbons (Fsp3) is 0.115. The highest BCUT2D eigenvalue weighted by Gasteiger charge is 2.12. The van der Waals surface area contributed by atoms with Gasteiger partial charge in [0.1, 0.15) is 5.65 Å². The Morgan fingerprint density at radius 1 is 0.839 bits per heavy atom. The van der Waals surface area contributed by atoms with E-state index >= 15 is 0 Å². The Morgan fingerprint density at radius 2 is 1.71 bits per heavy atom. The molecule has 1 aromatic carbocycles. The molecule has 0 saturated carbocycles. The maximum atomic E-state index is 4.80. The summed E-state index contributed by atoms with van der Waals surface area (Å²) in [6.45, 7) is 4.98. The van der Waals surface area contributed by atoms with Crippen molar-refractivity contribution in [2.45, 2.75) is 13.8 Å². The number of fused-ring (bicyclic) bond motifs is 1. The third-order valence-electron chi connectivity index (χ3n) is 5.31. The maximum absolute atomic E-state index is 4.80. The van der Waals surface area contributed by atoms with Crippen molar-refractivity contribution in [3.8, 4) is 33.6 Å². The average molecular weight is 406 g/mol. The summed E-state index contributed by atoms with van der Waals surface area (Å²) in [4.78, 5) is 17.3. The van der Waals surface area contributed by atoms with Gasteiger partial charge in [0.05, 0.1) is 11.4 Å². The summed E-state index contributed by atoms with van der Waals surface area (Å²) in [5, 5.41) is 4.44. The molecule has 0 radical (unpaired) electrons. The number of rotatable bonds is 5. The topological polar surface area (TPSA) is 66.5 Å². The third-order valence-corrected chi connectivity index (χ3v) is 5.31. The van der Waals surface area contributed by atoms with Gasteiger partial charge in [-0.3, -0.25) is 9.97 Å². The highest BCUT2D eigenvalue weighted by atomic mass is 14.9. The summed E-state index contributed by atoms with van der Waals surface area (Å²) in [5.74, 6) is 0. The maximum Gasteiger partial charge on any atom is 0.138 e. The van der Waals surface area contributed by atoms with Crippen LogP contribution in [0.15, 0.2) is 79.3 Å². The van der Waals surface area contributed by atoms with E-state index < -0.39 is 0 Å². The van der Waals surface area contributed by atoms with Crippen LogP contribution < -0.4 is 5.32 Å². The van der Waals surface area contributed by atoms with Crippen molar-refractivity contribution in [2.75, 3.05) is 11.9 Å². The van der Waals surface area contributed by atoms with Crippen molar-refractivity contribution < 1.29 is 0 Å². The van der Waals surface area contributed by atoms with E-state index in [1.54, 1.807) is 0 Å². The molecular weight excluding hydrogens is 382 g/mol. The lowest BCUT2D eigenvalue weighted by Gasteiger charge is -2.10. The summed E-state index contributed by atoms with van der Waals surface area (Å²) in [6, 6.07) is 20.8. The number of nitrogens with one attached hydrogen (secondary N) is 2. The van der Waals surface area contributed by atoms with E-state index in [0.29, 0.717) is 0 Å². The molecule has 0 aliphatic rings. The summed E-state index contributed by atoms with van der Waals surface area (Å²) in [6.07, 6.45) is 5.74. The molecule has 5 nitrogen and oxygen atoms in total. The van der Waals surface area contributed by atoms with Crippen LogP contribution in [0.25, 0.3) is 44.7 Å². The molecule has 5 heteroatoms. The van der Waals surface area contributed by atoms with Crippen LogP contribution in [0.3, 0.4) is 0 Å². The molecule has 0 unspecified atom stereocenters. The van der Waals surface area contributed by atoms with Crippen LogP contribution in [0.4, 0.5) is 5.69 Å². The first-order valence-corrected chi connectivity index (χ1v) is 10.4. The van der Waals surface area contributed by atoms with Gasteiger partial charge in [-0.2, -0.15) is 0 Å². The van der Waals surface area contributed by atoms with Crippen molar-refractivity contribution in [1.82, 2.24) is 19.9 Å². The zero-order valence-electron chi connectivity index (χ0n) is 17.6. The minimum atomic E-state index is 0.841. The summed E-state index contributed by atoms with van der Waals surface area (Å²) in [5.41, 5.74) is 8.96. The molecule has 0 aliphatic heterocycles. The normalized spacial score (nSPS) is 11.0. The molecule has 0 aliphatic carbocycles. The monoisotopic (exact) mass is 405 g/mol. The highest BCUT2D eigenvalue weighted by Crippen LogP contribution is 2.33. The molecule has 0 saturated heterocycles. The molecular formula is C26H23N5. The molecule has 2 N–H and O–H groups in total. The van der Waals surface area contributed by atoms with E-state index in [1.165, 1.54) is 0 Å². The van der Waals surface area contributed by atoms with Gasteiger partial charge in [0.2, 0.25) is 0 Å². The lowest BCUT2D eigenvalue weighted by atomic mass is 9.99. The van der Waals surface area contributed by atoms with Crippen molar-refractivity contribution in [1.29, 1.82) is 0 Å². The van der Waals surface area contributed by atoms with Gasteiger partial charge in [0, 0.05) is 53.0 Å². The number of anilines is 1. The molecule has 0 spiro atoms. The Kier molecular flexibility index (Phi) is 4.92. The number of aromatic nitrogens is 4. The zero-order valence-corrected chi connectivity index (χ0v) is 17.6. The van der Waals surface area contributed by atoms with Gasteiger partial charge in [-0.1, -0.05) is 18.2 Å². The van der Waals surface area contributed by atoms with Crippen LogP contribution in [-0.2, 0) is 0 Å². The highest BCUT2D eigenvalue weighted by molar-refractivity contribution is 5.95. The third kappa shape index (κ3) is 3.78.